The maximum atomic E-state index is 13.2. The molecule has 1 aromatic carbocycles. The van der Waals surface area contributed by atoms with Crippen molar-refractivity contribution in [3.63, 3.8) is 0 Å². The van der Waals surface area contributed by atoms with Crippen LogP contribution in [0.5, 0.6) is 0 Å². The van der Waals surface area contributed by atoms with E-state index in [0.29, 0.717) is 17.0 Å². The fourth-order valence-corrected chi connectivity index (χ4v) is 5.21. The molecule has 5 nitrogen and oxygen atoms in total. The summed E-state index contributed by atoms with van der Waals surface area (Å²) in [7, 11) is 0. The number of nitrogens with zero attached hydrogens (tertiary/aromatic N) is 1. The van der Waals surface area contributed by atoms with Gasteiger partial charge in [-0.05, 0) is 42.9 Å². The number of carbonyl (C=O) groups excluding carboxylic acids is 2. The van der Waals surface area contributed by atoms with Gasteiger partial charge in [0.25, 0.3) is 5.91 Å². The number of nitrogens with one attached hydrogen (secondary N) is 1. The molecule has 1 heterocycles. The minimum absolute atomic E-state index is 0.0408. The molecule has 0 saturated heterocycles. The van der Waals surface area contributed by atoms with Gasteiger partial charge in [-0.15, -0.1) is 0 Å². The topological polar surface area (TPSA) is 67.8 Å². The third-order valence-electron chi connectivity index (χ3n) is 5.81. The number of allylic oxidation sites excluding steroid dienone is 1. The molecule has 4 atom stereocenters. The number of hydrogen-bond donors (Lipinski definition) is 1. The lowest BCUT2D eigenvalue weighted by molar-refractivity contribution is -0.141. The van der Waals surface area contributed by atoms with Crippen LogP contribution in [0.4, 0.5) is 26.3 Å². The highest BCUT2D eigenvalue weighted by molar-refractivity contribution is 8.15. The molecule has 1 aliphatic heterocycles. The molecule has 3 aliphatic rings. The summed E-state index contributed by atoms with van der Waals surface area (Å²) in [6, 6.07) is 0.755. The number of carbonyl (C=O) groups is 2. The van der Waals surface area contributed by atoms with Gasteiger partial charge in [0.2, 0.25) is 0 Å². The van der Waals surface area contributed by atoms with Crippen molar-refractivity contribution in [1.82, 2.24) is 5.32 Å². The molecule has 2 bridgehead atoms. The highest BCUT2D eigenvalue weighted by Crippen LogP contribution is 2.40. The Hall–Kier alpha value is -2.50. The van der Waals surface area contributed by atoms with Crippen molar-refractivity contribution in [2.24, 2.45) is 16.8 Å². The number of aliphatic imine (C=N–C) groups is 1. The van der Waals surface area contributed by atoms with Crippen molar-refractivity contribution in [1.29, 1.82) is 0 Å². The summed E-state index contributed by atoms with van der Waals surface area (Å²) >= 11 is 1.14. The summed E-state index contributed by atoms with van der Waals surface area (Å²) in [5.74, 6) is -1.12. The fraction of sp³-hybridized carbons (Fsp3) is 0.476. The highest BCUT2D eigenvalue weighted by atomic mass is 32.2. The van der Waals surface area contributed by atoms with Gasteiger partial charge in [0.1, 0.15) is 0 Å². The van der Waals surface area contributed by atoms with Crippen LogP contribution < -0.4 is 5.32 Å². The number of rotatable bonds is 5. The Labute approximate surface area is 188 Å². The summed E-state index contributed by atoms with van der Waals surface area (Å²) < 4.78 is 83.0. The molecule has 1 N–H and O–H groups in total. The zero-order chi connectivity index (χ0) is 24.0. The molecule has 1 amide bonds. The van der Waals surface area contributed by atoms with E-state index < -0.39 is 52.8 Å². The number of hydrogen-bond acceptors (Lipinski definition) is 5. The zero-order valence-electron chi connectivity index (χ0n) is 16.9. The van der Waals surface area contributed by atoms with E-state index in [4.69, 9.17) is 4.74 Å². The Kier molecular flexibility index (Phi) is 6.23. The van der Waals surface area contributed by atoms with E-state index in [-0.39, 0.29) is 30.7 Å². The number of thioether (sulfide) groups is 1. The molecule has 178 valence electrons. The summed E-state index contributed by atoms with van der Waals surface area (Å²) in [6.07, 6.45) is -3.72. The van der Waals surface area contributed by atoms with Gasteiger partial charge < -0.3 is 10.1 Å². The van der Waals surface area contributed by atoms with Crippen molar-refractivity contribution in [3.05, 3.63) is 47.0 Å². The molecule has 12 heteroatoms. The van der Waals surface area contributed by atoms with E-state index in [2.05, 4.69) is 22.5 Å². The molecular formula is C21H18F6N2O3S. The Morgan fingerprint density at radius 3 is 2.48 bits per heavy atom. The summed E-state index contributed by atoms with van der Waals surface area (Å²) in [6.45, 7) is -0.449. The van der Waals surface area contributed by atoms with E-state index in [0.717, 1.165) is 24.6 Å². The van der Waals surface area contributed by atoms with E-state index in [9.17, 15) is 35.9 Å². The van der Waals surface area contributed by atoms with Crippen molar-refractivity contribution < 1.29 is 40.7 Å². The van der Waals surface area contributed by atoms with Crippen LogP contribution in [0.3, 0.4) is 0 Å². The zero-order valence-corrected chi connectivity index (χ0v) is 17.7. The van der Waals surface area contributed by atoms with Crippen molar-refractivity contribution in [2.45, 2.75) is 42.9 Å². The average Bonchev–Trinajstić information content (AvgIpc) is 3.42. The van der Waals surface area contributed by atoms with Gasteiger partial charge >= 0.3 is 18.3 Å². The average molecular weight is 492 g/mol. The van der Waals surface area contributed by atoms with Gasteiger partial charge in [0.15, 0.2) is 5.17 Å². The van der Waals surface area contributed by atoms with Crippen LogP contribution in [0.2, 0.25) is 0 Å². The van der Waals surface area contributed by atoms with Crippen LogP contribution in [0, 0.1) is 11.8 Å². The molecular weight excluding hydrogens is 474 g/mol. The molecule has 0 aromatic heterocycles. The molecule has 4 unspecified atom stereocenters. The largest absolute Gasteiger partial charge is 0.462 e. The van der Waals surface area contributed by atoms with Crippen LogP contribution in [-0.2, 0) is 21.9 Å². The molecule has 1 saturated carbocycles. The van der Waals surface area contributed by atoms with Crippen LogP contribution in [0.15, 0.2) is 35.3 Å². The minimum atomic E-state index is -5.04. The van der Waals surface area contributed by atoms with Gasteiger partial charge in [-0.1, -0.05) is 23.9 Å². The third-order valence-corrected chi connectivity index (χ3v) is 6.97. The molecule has 0 radical (unpaired) electrons. The van der Waals surface area contributed by atoms with Crippen molar-refractivity contribution in [3.8, 4) is 0 Å². The Bertz CT molecular complexity index is 1020. The van der Waals surface area contributed by atoms with E-state index >= 15 is 0 Å². The molecule has 1 aromatic rings. The lowest BCUT2D eigenvalue weighted by atomic mass is 10.0. The first-order valence-electron chi connectivity index (χ1n) is 10.1. The number of ether oxygens (including phenoxy) is 1. The lowest BCUT2D eigenvalue weighted by Crippen LogP contribution is -2.35. The van der Waals surface area contributed by atoms with Crippen LogP contribution in [-0.4, -0.2) is 34.9 Å². The summed E-state index contributed by atoms with van der Waals surface area (Å²) in [5.41, 5.74) is -4.16. The second kappa shape index (κ2) is 8.69. The van der Waals surface area contributed by atoms with Gasteiger partial charge in [-0.25, -0.2) is 4.79 Å². The van der Waals surface area contributed by atoms with E-state index in [1.807, 2.05) is 0 Å². The standard InChI is InChI=1S/C21H18F6N2O3S/c22-20(23,24)12-3-4-14(21(25,26)27)13(9-12)18(31)32-6-5-16-17(30)29-19(33-16)28-15-8-10-1-2-11(15)7-10/h1-4,9-11,15-16H,5-8H2,(H,28,29,30). The normalized spacial score (nSPS) is 26.6. The molecule has 33 heavy (non-hydrogen) atoms. The highest BCUT2D eigenvalue weighted by Gasteiger charge is 2.40. The van der Waals surface area contributed by atoms with Crippen molar-refractivity contribution in [2.75, 3.05) is 6.61 Å². The third kappa shape index (κ3) is 5.20. The Morgan fingerprint density at radius 2 is 1.88 bits per heavy atom. The first-order valence-corrected chi connectivity index (χ1v) is 11.0. The number of esters is 1. The Morgan fingerprint density at radius 1 is 1.12 bits per heavy atom. The lowest BCUT2D eigenvalue weighted by Gasteiger charge is -2.20. The number of halogens is 6. The quantitative estimate of drug-likeness (QED) is 0.363. The maximum Gasteiger partial charge on any atom is 0.417 e. The summed E-state index contributed by atoms with van der Waals surface area (Å²) in [4.78, 5) is 28.3. The second-order valence-electron chi connectivity index (χ2n) is 8.07. The van der Waals surface area contributed by atoms with Gasteiger partial charge in [-0.2, -0.15) is 31.3 Å². The fourth-order valence-electron chi connectivity index (χ4n) is 4.21. The predicted octanol–water partition coefficient (Wildman–Crippen LogP) is 4.82. The van der Waals surface area contributed by atoms with E-state index in [1.54, 1.807) is 0 Å². The summed E-state index contributed by atoms with van der Waals surface area (Å²) in [5, 5.41) is 2.99. The number of alkyl halides is 6. The van der Waals surface area contributed by atoms with Gasteiger partial charge in [0.05, 0.1) is 28.5 Å². The van der Waals surface area contributed by atoms with Crippen LogP contribution in [0.25, 0.3) is 0 Å². The number of amidine groups is 1. The monoisotopic (exact) mass is 492 g/mol. The number of benzene rings is 1. The van der Waals surface area contributed by atoms with Crippen LogP contribution in [0.1, 0.15) is 40.7 Å². The second-order valence-corrected chi connectivity index (χ2v) is 9.26. The van der Waals surface area contributed by atoms with Gasteiger partial charge in [0, 0.05) is 12.5 Å². The SMILES string of the molecule is O=C(OCCC1SC(NC2CC3C=CC2C3)=NC1=O)c1cc(C(F)(F)F)ccc1C(F)(F)F. The molecule has 2 aliphatic carbocycles. The molecule has 4 rings (SSSR count). The van der Waals surface area contributed by atoms with E-state index in [1.165, 1.54) is 0 Å². The molecule has 1 fully saturated rings. The van der Waals surface area contributed by atoms with Crippen molar-refractivity contribution >= 4 is 28.8 Å². The first-order chi connectivity index (χ1) is 15.4. The Balaban J connectivity index is 1.34. The van der Waals surface area contributed by atoms with Crippen LogP contribution >= 0.6 is 11.8 Å². The number of fused-ring (bicyclic) bond motifs is 2. The smallest absolute Gasteiger partial charge is 0.417 e. The first kappa shape index (κ1) is 23.7. The predicted molar refractivity (Wildman–Crippen MR) is 107 cm³/mol. The molecule has 0 spiro atoms. The van der Waals surface area contributed by atoms with Gasteiger partial charge in [-0.3, -0.25) is 4.79 Å². The minimum Gasteiger partial charge on any atom is -0.462 e. The maximum absolute atomic E-state index is 13.2. The number of amides is 1.